The average molecular weight is 404 g/mol. The first-order valence-corrected chi connectivity index (χ1v) is 10.8. The molecule has 0 saturated heterocycles. The van der Waals surface area contributed by atoms with E-state index < -0.39 is 5.54 Å². The van der Waals surface area contributed by atoms with E-state index in [1.807, 2.05) is 30.3 Å². The maximum atomic E-state index is 13.1. The van der Waals surface area contributed by atoms with Crippen LogP contribution in [0.15, 0.2) is 30.3 Å². The van der Waals surface area contributed by atoms with Gasteiger partial charge in [-0.15, -0.1) is 0 Å². The molecule has 1 aliphatic carbocycles. The Balaban J connectivity index is 1.98. The molecule has 162 valence electrons. The molecule has 0 radical (unpaired) electrons. The maximum absolute atomic E-state index is 13.1. The first-order chi connectivity index (χ1) is 13.7. The van der Waals surface area contributed by atoms with Crippen molar-refractivity contribution in [3.63, 3.8) is 0 Å². The van der Waals surface area contributed by atoms with E-state index in [1.54, 1.807) is 6.92 Å². The smallest absolute Gasteiger partial charge is 0.331 e. The van der Waals surface area contributed by atoms with Crippen LogP contribution >= 0.6 is 0 Å². The molecule has 1 aliphatic rings. The fraction of sp³-hybridized carbons (Fsp3) is 0.667. The lowest BCUT2D eigenvalue weighted by molar-refractivity contribution is -0.165. The van der Waals surface area contributed by atoms with Crippen molar-refractivity contribution >= 4 is 11.9 Å². The molecule has 5 nitrogen and oxygen atoms in total. The molecule has 0 bridgehead atoms. The standard InChI is InChI=1S/C24H37NO4/c1-17(2)21-12-11-18(3)15-22(21)29-23(27)24(5,25-19(4)26)13-14-28-16-20-9-7-6-8-10-20/h6-10,17-18,21-22H,11-16H2,1-5H3,(H,25,26)/t18?,21?,22?,24-/m0/s1. The fourth-order valence-electron chi connectivity index (χ4n) is 4.16. The number of amides is 1. The van der Waals surface area contributed by atoms with Gasteiger partial charge < -0.3 is 14.8 Å². The van der Waals surface area contributed by atoms with E-state index in [0.717, 1.165) is 18.4 Å². The van der Waals surface area contributed by atoms with Crippen molar-refractivity contribution in [2.45, 2.75) is 78.6 Å². The van der Waals surface area contributed by atoms with Crippen LogP contribution in [0.2, 0.25) is 0 Å². The summed E-state index contributed by atoms with van der Waals surface area (Å²) in [6, 6.07) is 9.89. The van der Waals surface area contributed by atoms with Gasteiger partial charge in [0.05, 0.1) is 6.61 Å². The third-order valence-electron chi connectivity index (χ3n) is 5.98. The quantitative estimate of drug-likeness (QED) is 0.487. The number of hydrogen-bond acceptors (Lipinski definition) is 4. The first kappa shape index (κ1) is 23.4. The highest BCUT2D eigenvalue weighted by Gasteiger charge is 2.40. The number of nitrogens with one attached hydrogen (secondary N) is 1. The zero-order valence-electron chi connectivity index (χ0n) is 18.6. The molecule has 1 amide bonds. The van der Waals surface area contributed by atoms with Crippen LogP contribution in [0.3, 0.4) is 0 Å². The number of benzene rings is 1. The second-order valence-corrected chi connectivity index (χ2v) is 9.07. The van der Waals surface area contributed by atoms with Gasteiger partial charge in [0.25, 0.3) is 0 Å². The zero-order chi connectivity index (χ0) is 21.4. The summed E-state index contributed by atoms with van der Waals surface area (Å²) in [5.41, 5.74) is -0.0163. The minimum absolute atomic E-state index is 0.0930. The SMILES string of the molecule is CC(=O)N[C@@](C)(CCOCc1ccccc1)C(=O)OC1CC(C)CCC1C(C)C. The van der Waals surface area contributed by atoms with E-state index in [9.17, 15) is 9.59 Å². The van der Waals surface area contributed by atoms with E-state index in [0.29, 0.717) is 37.4 Å². The highest BCUT2D eigenvalue weighted by atomic mass is 16.5. The Labute approximate surface area is 175 Å². The molecular weight excluding hydrogens is 366 g/mol. The van der Waals surface area contributed by atoms with Gasteiger partial charge in [-0.05, 0) is 43.1 Å². The second kappa shape index (κ2) is 10.8. The molecule has 4 atom stereocenters. The van der Waals surface area contributed by atoms with E-state index in [2.05, 4.69) is 26.1 Å². The number of carbonyl (C=O) groups excluding carboxylic acids is 2. The van der Waals surface area contributed by atoms with Gasteiger partial charge in [0, 0.05) is 20.0 Å². The summed E-state index contributed by atoms with van der Waals surface area (Å²) in [4.78, 5) is 24.9. The normalized spacial score (nSPS) is 24.0. The van der Waals surface area contributed by atoms with Crippen molar-refractivity contribution in [1.29, 1.82) is 0 Å². The molecule has 3 unspecified atom stereocenters. The van der Waals surface area contributed by atoms with E-state index in [1.165, 1.54) is 13.3 Å². The van der Waals surface area contributed by atoms with Gasteiger partial charge >= 0.3 is 5.97 Å². The van der Waals surface area contributed by atoms with Crippen LogP contribution in [0.25, 0.3) is 0 Å². The number of hydrogen-bond donors (Lipinski definition) is 1. The molecule has 1 aromatic carbocycles. The number of esters is 1. The summed E-state index contributed by atoms with van der Waals surface area (Å²) in [6.45, 7) is 10.6. The van der Waals surface area contributed by atoms with Crippen LogP contribution in [0, 0.1) is 17.8 Å². The molecule has 0 aliphatic heterocycles. The summed E-state index contributed by atoms with van der Waals surface area (Å²) in [5, 5.41) is 2.81. The minimum Gasteiger partial charge on any atom is -0.460 e. The Morgan fingerprint density at radius 3 is 2.52 bits per heavy atom. The predicted molar refractivity (Wildman–Crippen MR) is 114 cm³/mol. The largest absolute Gasteiger partial charge is 0.460 e. The van der Waals surface area contributed by atoms with Gasteiger partial charge in [-0.25, -0.2) is 4.79 Å². The summed E-state index contributed by atoms with van der Waals surface area (Å²) in [7, 11) is 0. The molecule has 1 saturated carbocycles. The van der Waals surface area contributed by atoms with Gasteiger partial charge in [-0.2, -0.15) is 0 Å². The Kier molecular flexibility index (Phi) is 8.69. The van der Waals surface area contributed by atoms with Crippen molar-refractivity contribution in [3.05, 3.63) is 35.9 Å². The fourth-order valence-corrected chi connectivity index (χ4v) is 4.16. The van der Waals surface area contributed by atoms with Crippen molar-refractivity contribution in [2.24, 2.45) is 17.8 Å². The average Bonchev–Trinajstić information content (AvgIpc) is 2.65. The van der Waals surface area contributed by atoms with Crippen molar-refractivity contribution < 1.29 is 19.1 Å². The number of rotatable bonds is 9. The monoisotopic (exact) mass is 403 g/mol. The van der Waals surface area contributed by atoms with Crippen LogP contribution in [0.5, 0.6) is 0 Å². The second-order valence-electron chi connectivity index (χ2n) is 9.07. The lowest BCUT2D eigenvalue weighted by Crippen LogP contribution is -2.54. The molecule has 0 heterocycles. The van der Waals surface area contributed by atoms with E-state index in [-0.39, 0.29) is 18.0 Å². The van der Waals surface area contributed by atoms with E-state index >= 15 is 0 Å². The zero-order valence-corrected chi connectivity index (χ0v) is 18.6. The number of ether oxygens (including phenoxy) is 2. The molecular formula is C24H37NO4. The van der Waals surface area contributed by atoms with Crippen LogP contribution in [0.4, 0.5) is 0 Å². The van der Waals surface area contributed by atoms with Crippen molar-refractivity contribution in [2.75, 3.05) is 6.61 Å². The Bertz CT molecular complexity index is 660. The van der Waals surface area contributed by atoms with Gasteiger partial charge in [0.2, 0.25) is 5.91 Å². The lowest BCUT2D eigenvalue weighted by Gasteiger charge is -2.39. The highest BCUT2D eigenvalue weighted by molar-refractivity contribution is 5.86. The molecule has 0 spiro atoms. The maximum Gasteiger partial charge on any atom is 0.331 e. The Morgan fingerprint density at radius 1 is 1.21 bits per heavy atom. The summed E-state index contributed by atoms with van der Waals surface area (Å²) >= 11 is 0. The van der Waals surface area contributed by atoms with Gasteiger partial charge in [-0.1, -0.05) is 57.5 Å². The third-order valence-corrected chi connectivity index (χ3v) is 5.98. The van der Waals surface area contributed by atoms with Crippen LogP contribution in [-0.4, -0.2) is 30.1 Å². The molecule has 1 N–H and O–H groups in total. The summed E-state index contributed by atoms with van der Waals surface area (Å²) < 4.78 is 11.8. The molecule has 29 heavy (non-hydrogen) atoms. The van der Waals surface area contributed by atoms with Crippen molar-refractivity contribution in [1.82, 2.24) is 5.32 Å². The first-order valence-electron chi connectivity index (χ1n) is 10.8. The summed E-state index contributed by atoms with van der Waals surface area (Å²) in [6.07, 6.45) is 3.41. The molecule has 1 fully saturated rings. The van der Waals surface area contributed by atoms with Gasteiger partial charge in [0.1, 0.15) is 11.6 Å². The van der Waals surface area contributed by atoms with Gasteiger partial charge in [-0.3, -0.25) is 4.79 Å². The molecule has 0 aromatic heterocycles. The van der Waals surface area contributed by atoms with Crippen LogP contribution in [0.1, 0.15) is 65.9 Å². The van der Waals surface area contributed by atoms with E-state index in [4.69, 9.17) is 9.47 Å². The van der Waals surface area contributed by atoms with Crippen molar-refractivity contribution in [3.8, 4) is 0 Å². The topological polar surface area (TPSA) is 64.6 Å². The minimum atomic E-state index is -1.09. The predicted octanol–water partition coefficient (Wildman–Crippen LogP) is 4.49. The lowest BCUT2D eigenvalue weighted by atomic mass is 9.75. The Hall–Kier alpha value is -1.88. The third kappa shape index (κ3) is 7.14. The van der Waals surface area contributed by atoms with Crippen LogP contribution in [-0.2, 0) is 25.7 Å². The molecule has 5 heteroatoms. The van der Waals surface area contributed by atoms with Gasteiger partial charge in [0.15, 0.2) is 0 Å². The highest BCUT2D eigenvalue weighted by Crippen LogP contribution is 2.36. The molecule has 1 aromatic rings. The summed E-state index contributed by atoms with van der Waals surface area (Å²) in [5.74, 6) is 0.766. The Morgan fingerprint density at radius 2 is 1.90 bits per heavy atom. The van der Waals surface area contributed by atoms with Crippen LogP contribution < -0.4 is 5.32 Å². The molecule has 2 rings (SSSR count). The number of carbonyl (C=O) groups is 2.